The molecule has 2 aromatic heterocycles. The van der Waals surface area contributed by atoms with Crippen molar-refractivity contribution in [1.29, 1.82) is 0 Å². The van der Waals surface area contributed by atoms with Gasteiger partial charge in [0.1, 0.15) is 0 Å². The molecular weight excluding hydrogens is 334 g/mol. The molecule has 1 fully saturated rings. The van der Waals surface area contributed by atoms with Crippen molar-refractivity contribution in [3.63, 3.8) is 0 Å². The van der Waals surface area contributed by atoms with Crippen molar-refractivity contribution in [2.45, 2.75) is 18.9 Å². The topological polar surface area (TPSA) is 46.3 Å². The molecule has 0 spiro atoms. The highest BCUT2D eigenvalue weighted by Gasteiger charge is 2.24. The average Bonchev–Trinajstić information content (AvgIpc) is 3.37. The molecule has 0 N–H and O–H groups in total. The summed E-state index contributed by atoms with van der Waals surface area (Å²) in [5.74, 6) is 1.40. The largest absolute Gasteiger partial charge is 0.298 e. The van der Waals surface area contributed by atoms with Crippen LogP contribution in [0.4, 0.5) is 0 Å². The van der Waals surface area contributed by atoms with E-state index in [9.17, 15) is 0 Å². The second-order valence-corrected chi connectivity index (χ2v) is 7.11. The first kappa shape index (κ1) is 16.1. The Morgan fingerprint density at radius 1 is 0.889 bits per heavy atom. The maximum Gasteiger partial charge on any atom is 0.185 e. The first-order chi connectivity index (χ1) is 13.4. The number of aromatic nitrogens is 4. The molecule has 2 aromatic carbocycles. The van der Waals surface area contributed by atoms with E-state index in [4.69, 9.17) is 0 Å². The molecule has 3 heterocycles. The van der Waals surface area contributed by atoms with E-state index in [-0.39, 0.29) is 0 Å². The van der Waals surface area contributed by atoms with Crippen molar-refractivity contribution in [2.24, 2.45) is 0 Å². The highest BCUT2D eigenvalue weighted by Crippen LogP contribution is 2.28. The van der Waals surface area contributed by atoms with Gasteiger partial charge >= 0.3 is 0 Å². The van der Waals surface area contributed by atoms with Gasteiger partial charge in [0, 0.05) is 30.4 Å². The van der Waals surface area contributed by atoms with Crippen LogP contribution in [0.3, 0.4) is 0 Å². The first-order valence-electron chi connectivity index (χ1n) is 9.40. The normalized spacial score (nSPS) is 17.6. The van der Waals surface area contributed by atoms with Crippen LogP contribution < -0.4 is 0 Å². The Kier molecular flexibility index (Phi) is 4.14. The van der Waals surface area contributed by atoms with Crippen LogP contribution in [0.15, 0.2) is 72.9 Å². The molecule has 5 nitrogen and oxygen atoms in total. The van der Waals surface area contributed by atoms with Crippen LogP contribution in [0, 0.1) is 0 Å². The molecule has 5 rings (SSSR count). The van der Waals surface area contributed by atoms with Crippen molar-refractivity contribution in [3.8, 4) is 11.4 Å². The van der Waals surface area contributed by atoms with Gasteiger partial charge in [0.15, 0.2) is 11.5 Å². The van der Waals surface area contributed by atoms with Gasteiger partial charge < -0.3 is 0 Å². The van der Waals surface area contributed by atoms with Crippen molar-refractivity contribution < 1.29 is 0 Å². The van der Waals surface area contributed by atoms with E-state index in [1.54, 1.807) is 0 Å². The lowest BCUT2D eigenvalue weighted by atomic mass is 9.99. The van der Waals surface area contributed by atoms with E-state index in [0.717, 1.165) is 36.7 Å². The van der Waals surface area contributed by atoms with Crippen LogP contribution in [0.25, 0.3) is 17.0 Å². The molecule has 1 atom stereocenters. The van der Waals surface area contributed by atoms with Crippen LogP contribution >= 0.6 is 0 Å². The van der Waals surface area contributed by atoms with Gasteiger partial charge in [-0.05, 0) is 30.5 Å². The van der Waals surface area contributed by atoms with E-state index < -0.39 is 0 Å². The van der Waals surface area contributed by atoms with E-state index >= 15 is 0 Å². The number of hydrogen-bond acceptors (Lipinski definition) is 4. The van der Waals surface area contributed by atoms with Crippen molar-refractivity contribution >= 4 is 5.65 Å². The maximum atomic E-state index is 4.49. The zero-order valence-electron chi connectivity index (χ0n) is 15.1. The molecule has 5 heteroatoms. The third kappa shape index (κ3) is 3.11. The predicted molar refractivity (Wildman–Crippen MR) is 105 cm³/mol. The number of likely N-dealkylation sites (tertiary alicyclic amines) is 1. The van der Waals surface area contributed by atoms with Crippen molar-refractivity contribution in [2.75, 3.05) is 13.1 Å². The van der Waals surface area contributed by atoms with Crippen molar-refractivity contribution in [1.82, 2.24) is 24.7 Å². The SMILES string of the molecule is c1ccc(-c2nnc3c(CN4CCC(c5ccccc5)C4)ccnn23)cc1. The molecule has 27 heavy (non-hydrogen) atoms. The molecule has 0 amide bonds. The van der Waals surface area contributed by atoms with Crippen LogP contribution in [0.1, 0.15) is 23.5 Å². The lowest BCUT2D eigenvalue weighted by Crippen LogP contribution is -2.20. The summed E-state index contributed by atoms with van der Waals surface area (Å²) in [6, 6.07) is 23.0. The molecule has 1 saturated heterocycles. The maximum absolute atomic E-state index is 4.49. The second-order valence-electron chi connectivity index (χ2n) is 7.11. The van der Waals surface area contributed by atoms with Crippen LogP contribution in [0.2, 0.25) is 0 Å². The van der Waals surface area contributed by atoms with Gasteiger partial charge in [-0.25, -0.2) is 0 Å². The first-order valence-corrected chi connectivity index (χ1v) is 9.40. The summed E-state index contributed by atoms with van der Waals surface area (Å²) < 4.78 is 1.86. The number of benzene rings is 2. The minimum Gasteiger partial charge on any atom is -0.298 e. The lowest BCUT2D eigenvalue weighted by Gasteiger charge is -2.16. The van der Waals surface area contributed by atoms with Gasteiger partial charge in [0.25, 0.3) is 0 Å². The number of fused-ring (bicyclic) bond motifs is 1. The average molecular weight is 355 g/mol. The van der Waals surface area contributed by atoms with Crippen LogP contribution in [-0.2, 0) is 6.54 Å². The monoisotopic (exact) mass is 355 g/mol. The van der Waals surface area contributed by atoms with E-state index in [2.05, 4.69) is 56.6 Å². The molecule has 0 saturated carbocycles. The summed E-state index contributed by atoms with van der Waals surface area (Å²) in [4.78, 5) is 2.50. The fraction of sp³-hybridized carbons (Fsp3) is 0.227. The Morgan fingerprint density at radius 3 is 2.48 bits per heavy atom. The zero-order chi connectivity index (χ0) is 18.1. The smallest absolute Gasteiger partial charge is 0.185 e. The summed E-state index contributed by atoms with van der Waals surface area (Å²) in [5.41, 5.74) is 4.49. The molecule has 1 unspecified atom stereocenters. The van der Waals surface area contributed by atoms with Gasteiger partial charge in [0.2, 0.25) is 0 Å². The predicted octanol–water partition coefficient (Wildman–Crippen LogP) is 3.78. The molecule has 0 radical (unpaired) electrons. The fourth-order valence-corrected chi connectivity index (χ4v) is 3.96. The summed E-state index contributed by atoms with van der Waals surface area (Å²) in [5, 5.41) is 13.3. The standard InChI is InChI=1S/C22H21N5/c1-3-7-17(8-4-1)19-12-14-26(15-19)16-20-11-13-23-27-21(24-25-22(20)27)18-9-5-2-6-10-18/h1-11,13,19H,12,14-16H2. The summed E-state index contributed by atoms with van der Waals surface area (Å²) >= 11 is 0. The molecule has 0 bridgehead atoms. The molecule has 1 aliphatic rings. The van der Waals surface area contributed by atoms with Crippen LogP contribution in [0.5, 0.6) is 0 Å². The van der Waals surface area contributed by atoms with Gasteiger partial charge in [-0.2, -0.15) is 9.61 Å². The summed E-state index contributed by atoms with van der Waals surface area (Å²) in [6.07, 6.45) is 3.05. The minimum atomic E-state index is 0.613. The molecule has 4 aromatic rings. The Morgan fingerprint density at radius 2 is 1.67 bits per heavy atom. The summed E-state index contributed by atoms with van der Waals surface area (Å²) in [7, 11) is 0. The minimum absolute atomic E-state index is 0.613. The molecular formula is C22H21N5. The Bertz CT molecular complexity index is 1040. The number of nitrogens with zero attached hydrogens (tertiary/aromatic N) is 5. The Hall–Kier alpha value is -3.05. The van der Waals surface area contributed by atoms with Gasteiger partial charge in [-0.3, -0.25) is 4.90 Å². The van der Waals surface area contributed by atoms with E-state index in [1.807, 2.05) is 41.0 Å². The lowest BCUT2D eigenvalue weighted by molar-refractivity contribution is 0.327. The highest BCUT2D eigenvalue weighted by molar-refractivity contribution is 5.60. The van der Waals surface area contributed by atoms with Crippen molar-refractivity contribution in [3.05, 3.63) is 84.1 Å². The molecule has 134 valence electrons. The third-order valence-corrected chi connectivity index (χ3v) is 5.36. The summed E-state index contributed by atoms with van der Waals surface area (Å²) in [6.45, 7) is 3.06. The fourth-order valence-electron chi connectivity index (χ4n) is 3.96. The Labute approximate surface area is 158 Å². The van der Waals surface area contributed by atoms with Gasteiger partial charge in [-0.15, -0.1) is 10.2 Å². The molecule has 0 aliphatic carbocycles. The van der Waals surface area contributed by atoms with Gasteiger partial charge in [-0.1, -0.05) is 60.7 Å². The third-order valence-electron chi connectivity index (χ3n) is 5.36. The van der Waals surface area contributed by atoms with Gasteiger partial charge in [0.05, 0.1) is 0 Å². The number of hydrogen-bond donors (Lipinski definition) is 0. The Balaban J connectivity index is 1.39. The zero-order valence-corrected chi connectivity index (χ0v) is 15.1. The highest BCUT2D eigenvalue weighted by atomic mass is 15.4. The van der Waals surface area contributed by atoms with Crippen LogP contribution in [-0.4, -0.2) is 37.8 Å². The van der Waals surface area contributed by atoms with E-state index in [0.29, 0.717) is 5.92 Å². The quantitative estimate of drug-likeness (QED) is 0.559. The van der Waals surface area contributed by atoms with E-state index in [1.165, 1.54) is 17.5 Å². The number of rotatable bonds is 4. The second kappa shape index (κ2) is 6.93. The molecule has 1 aliphatic heterocycles.